The quantitative estimate of drug-likeness (QED) is 0.809. The molecule has 23 heavy (non-hydrogen) atoms. The molecule has 3 rings (SSSR count). The fraction of sp³-hybridized carbons (Fsp3) is 0.278. The summed E-state index contributed by atoms with van der Waals surface area (Å²) >= 11 is 6.10. The lowest BCUT2D eigenvalue weighted by Crippen LogP contribution is -2.34. The van der Waals surface area contributed by atoms with Gasteiger partial charge in [-0.25, -0.2) is 9.18 Å². The molecule has 0 radical (unpaired) electrons. The van der Waals surface area contributed by atoms with Crippen molar-refractivity contribution in [2.24, 2.45) is 0 Å². The van der Waals surface area contributed by atoms with E-state index in [1.54, 1.807) is 23.1 Å². The second-order valence-corrected chi connectivity index (χ2v) is 6.15. The van der Waals surface area contributed by atoms with Gasteiger partial charge in [-0.3, -0.25) is 0 Å². The molecule has 1 atom stereocenters. The van der Waals surface area contributed by atoms with Gasteiger partial charge in [-0.1, -0.05) is 29.8 Å². The first-order valence-corrected chi connectivity index (χ1v) is 8.02. The van der Waals surface area contributed by atoms with E-state index < -0.39 is 0 Å². The van der Waals surface area contributed by atoms with Crippen LogP contribution in [0.15, 0.2) is 42.5 Å². The summed E-state index contributed by atoms with van der Waals surface area (Å²) in [5, 5.41) is 3.56. The van der Waals surface area contributed by atoms with E-state index in [2.05, 4.69) is 5.32 Å². The monoisotopic (exact) mass is 332 g/mol. The largest absolute Gasteiger partial charge is 0.322 e. The minimum Gasteiger partial charge on any atom is -0.317 e. The highest BCUT2D eigenvalue weighted by Crippen LogP contribution is 2.33. The maximum Gasteiger partial charge on any atom is 0.322 e. The molecule has 1 aliphatic rings. The number of hydrogen-bond acceptors (Lipinski definition) is 1. The maximum atomic E-state index is 13.1. The molecule has 1 fully saturated rings. The first-order chi connectivity index (χ1) is 11.1. The van der Waals surface area contributed by atoms with Gasteiger partial charge in [-0.15, -0.1) is 0 Å². The van der Waals surface area contributed by atoms with Crippen LogP contribution in [0.1, 0.15) is 30.0 Å². The van der Waals surface area contributed by atoms with Gasteiger partial charge in [0.1, 0.15) is 5.82 Å². The Kier molecular flexibility index (Phi) is 4.53. The van der Waals surface area contributed by atoms with E-state index in [9.17, 15) is 9.18 Å². The minimum absolute atomic E-state index is 0.0184. The van der Waals surface area contributed by atoms with Crippen molar-refractivity contribution in [1.82, 2.24) is 4.90 Å². The summed E-state index contributed by atoms with van der Waals surface area (Å²) in [6.45, 7) is 2.56. The third kappa shape index (κ3) is 3.32. The van der Waals surface area contributed by atoms with E-state index >= 15 is 0 Å². The zero-order valence-corrected chi connectivity index (χ0v) is 13.6. The van der Waals surface area contributed by atoms with Crippen LogP contribution in [0, 0.1) is 12.7 Å². The lowest BCUT2D eigenvalue weighted by Gasteiger charge is -2.26. The highest BCUT2D eigenvalue weighted by molar-refractivity contribution is 6.31. The Balaban J connectivity index is 1.78. The fourth-order valence-electron chi connectivity index (χ4n) is 2.97. The van der Waals surface area contributed by atoms with Crippen LogP contribution in [0.3, 0.4) is 0 Å². The number of benzene rings is 2. The molecule has 3 nitrogen and oxygen atoms in total. The highest BCUT2D eigenvalue weighted by Gasteiger charge is 2.30. The number of carbonyl (C=O) groups is 1. The summed E-state index contributed by atoms with van der Waals surface area (Å²) < 4.78 is 13.1. The number of carbonyl (C=O) groups excluding carboxylic acids is 1. The predicted molar refractivity (Wildman–Crippen MR) is 90.3 cm³/mol. The van der Waals surface area contributed by atoms with Crippen molar-refractivity contribution in [1.29, 1.82) is 0 Å². The Labute approximate surface area is 140 Å². The molecule has 2 aromatic carbocycles. The van der Waals surface area contributed by atoms with Gasteiger partial charge in [-0.2, -0.15) is 0 Å². The van der Waals surface area contributed by atoms with Crippen LogP contribution in [0.4, 0.5) is 14.9 Å². The third-order valence-electron chi connectivity index (χ3n) is 4.28. The number of halogens is 2. The third-order valence-corrected chi connectivity index (χ3v) is 4.69. The number of hydrogen-bond donors (Lipinski definition) is 1. The van der Waals surface area contributed by atoms with Gasteiger partial charge in [-0.05, 0) is 55.2 Å². The molecule has 1 heterocycles. The van der Waals surface area contributed by atoms with E-state index in [-0.39, 0.29) is 17.9 Å². The molecule has 120 valence electrons. The van der Waals surface area contributed by atoms with Crippen LogP contribution >= 0.6 is 11.6 Å². The van der Waals surface area contributed by atoms with Crippen molar-refractivity contribution in [2.45, 2.75) is 25.8 Å². The lowest BCUT2D eigenvalue weighted by atomic mass is 10.0. The van der Waals surface area contributed by atoms with Crippen molar-refractivity contribution in [3.63, 3.8) is 0 Å². The van der Waals surface area contributed by atoms with Crippen molar-refractivity contribution >= 4 is 23.3 Å². The Bertz CT molecular complexity index is 717. The van der Waals surface area contributed by atoms with Crippen molar-refractivity contribution in [3.8, 4) is 0 Å². The molecule has 0 unspecified atom stereocenters. The zero-order valence-electron chi connectivity index (χ0n) is 12.9. The topological polar surface area (TPSA) is 32.3 Å². The van der Waals surface area contributed by atoms with Gasteiger partial charge in [0.25, 0.3) is 0 Å². The van der Waals surface area contributed by atoms with E-state index in [1.165, 1.54) is 12.1 Å². The van der Waals surface area contributed by atoms with E-state index in [4.69, 9.17) is 11.6 Å². The Morgan fingerprint density at radius 1 is 1.26 bits per heavy atom. The van der Waals surface area contributed by atoms with E-state index in [1.807, 2.05) is 19.1 Å². The van der Waals surface area contributed by atoms with Crippen LogP contribution in [0.25, 0.3) is 0 Å². The van der Waals surface area contributed by atoms with Crippen LogP contribution in [0.2, 0.25) is 5.02 Å². The second-order valence-electron chi connectivity index (χ2n) is 5.75. The zero-order chi connectivity index (χ0) is 16.4. The normalized spacial score (nSPS) is 17.3. The fourth-order valence-corrected chi connectivity index (χ4v) is 3.15. The molecule has 0 spiro atoms. The summed E-state index contributed by atoms with van der Waals surface area (Å²) in [4.78, 5) is 14.4. The second kappa shape index (κ2) is 6.59. The van der Waals surface area contributed by atoms with Crippen LogP contribution in [-0.2, 0) is 0 Å². The summed E-state index contributed by atoms with van der Waals surface area (Å²) in [6.07, 6.45) is 1.82. The average Bonchev–Trinajstić information content (AvgIpc) is 3.02. The summed E-state index contributed by atoms with van der Waals surface area (Å²) in [5.74, 6) is -0.266. The van der Waals surface area contributed by atoms with Gasteiger partial charge in [0.15, 0.2) is 0 Å². The Morgan fingerprint density at radius 2 is 2.00 bits per heavy atom. The van der Waals surface area contributed by atoms with Gasteiger partial charge < -0.3 is 10.2 Å². The average molecular weight is 333 g/mol. The molecule has 0 aromatic heterocycles. The molecule has 1 saturated heterocycles. The van der Waals surface area contributed by atoms with Crippen LogP contribution in [0.5, 0.6) is 0 Å². The summed E-state index contributed by atoms with van der Waals surface area (Å²) in [6, 6.07) is 11.6. The summed E-state index contributed by atoms with van der Waals surface area (Å²) in [7, 11) is 0. The van der Waals surface area contributed by atoms with Gasteiger partial charge >= 0.3 is 6.03 Å². The molecule has 0 aliphatic carbocycles. The number of amides is 2. The standard InChI is InChI=1S/C18H18ClFN2O/c1-12-15(19)4-2-5-16(12)21-18(23)22-11-3-6-17(22)13-7-9-14(20)10-8-13/h2,4-5,7-10,17H,3,6,11H2,1H3,(H,21,23)/t17-/m1/s1. The molecular weight excluding hydrogens is 315 g/mol. The molecular formula is C18H18ClFN2O. The number of nitrogens with zero attached hydrogens (tertiary/aromatic N) is 1. The molecule has 1 aliphatic heterocycles. The predicted octanol–water partition coefficient (Wildman–Crippen LogP) is 5.16. The number of rotatable bonds is 2. The number of likely N-dealkylation sites (tertiary alicyclic amines) is 1. The molecule has 2 amide bonds. The first-order valence-electron chi connectivity index (χ1n) is 7.64. The molecule has 5 heteroatoms. The maximum absolute atomic E-state index is 13.1. The SMILES string of the molecule is Cc1c(Cl)cccc1NC(=O)N1CCC[C@@H]1c1ccc(F)cc1. The molecule has 1 N–H and O–H groups in total. The number of anilines is 1. The van der Waals surface area contributed by atoms with Crippen LogP contribution in [-0.4, -0.2) is 17.5 Å². The van der Waals surface area contributed by atoms with Gasteiger partial charge in [0.05, 0.1) is 6.04 Å². The Morgan fingerprint density at radius 3 is 2.74 bits per heavy atom. The lowest BCUT2D eigenvalue weighted by molar-refractivity contribution is 0.207. The first kappa shape index (κ1) is 15.8. The molecule has 2 aromatic rings. The smallest absolute Gasteiger partial charge is 0.317 e. The van der Waals surface area contributed by atoms with E-state index in [0.29, 0.717) is 17.3 Å². The van der Waals surface area contributed by atoms with Crippen molar-refractivity contribution < 1.29 is 9.18 Å². The number of nitrogens with one attached hydrogen (secondary N) is 1. The number of urea groups is 1. The summed E-state index contributed by atoms with van der Waals surface area (Å²) in [5.41, 5.74) is 2.52. The minimum atomic E-state index is -0.266. The molecule has 0 saturated carbocycles. The van der Waals surface area contributed by atoms with Gasteiger partial charge in [0, 0.05) is 17.3 Å². The van der Waals surface area contributed by atoms with Crippen molar-refractivity contribution in [3.05, 3.63) is 64.4 Å². The van der Waals surface area contributed by atoms with E-state index in [0.717, 1.165) is 24.0 Å². The van der Waals surface area contributed by atoms with Gasteiger partial charge in [0.2, 0.25) is 0 Å². The highest BCUT2D eigenvalue weighted by atomic mass is 35.5. The Hall–Kier alpha value is -2.07. The van der Waals surface area contributed by atoms with Crippen LogP contribution < -0.4 is 5.32 Å². The van der Waals surface area contributed by atoms with Crippen molar-refractivity contribution in [2.75, 3.05) is 11.9 Å². The molecule has 0 bridgehead atoms.